The van der Waals surface area contributed by atoms with Gasteiger partial charge in [-0.25, -0.2) is 4.79 Å². The number of aryl methyl sites for hydroxylation is 1. The van der Waals surface area contributed by atoms with Gasteiger partial charge in [0.05, 0.1) is 5.56 Å². The molecule has 2 N–H and O–H groups in total. The minimum atomic E-state index is -0.862. The first kappa shape index (κ1) is 9.06. The molecule has 0 bridgehead atoms. The molecule has 0 unspecified atom stereocenters. The van der Waals surface area contributed by atoms with Crippen molar-refractivity contribution in [2.75, 3.05) is 11.9 Å². The maximum absolute atomic E-state index is 10.7. The highest BCUT2D eigenvalue weighted by Crippen LogP contribution is 2.22. The van der Waals surface area contributed by atoms with Crippen molar-refractivity contribution in [3.8, 4) is 0 Å². The third-order valence-electron chi connectivity index (χ3n) is 2.55. The van der Waals surface area contributed by atoms with Gasteiger partial charge < -0.3 is 10.4 Å². The first-order valence-corrected chi connectivity index (χ1v) is 4.87. The molecule has 1 heterocycles. The number of nitrogens with one attached hydrogen (secondary N) is 1. The average molecular weight is 191 g/mol. The van der Waals surface area contributed by atoms with E-state index in [1.54, 1.807) is 12.1 Å². The number of fused-ring (bicyclic) bond motifs is 1. The molecule has 14 heavy (non-hydrogen) atoms. The fraction of sp³-hybridized carbons (Fsp3) is 0.364. The Morgan fingerprint density at radius 3 is 3.00 bits per heavy atom. The van der Waals surface area contributed by atoms with Gasteiger partial charge in [-0.3, -0.25) is 0 Å². The lowest BCUT2D eigenvalue weighted by Gasteiger charge is -2.07. The van der Waals surface area contributed by atoms with Crippen LogP contribution in [-0.4, -0.2) is 17.6 Å². The van der Waals surface area contributed by atoms with Gasteiger partial charge in [0.2, 0.25) is 0 Å². The number of benzene rings is 1. The lowest BCUT2D eigenvalue weighted by atomic mass is 10.1. The molecule has 1 aliphatic rings. The van der Waals surface area contributed by atoms with Crippen LogP contribution in [0.15, 0.2) is 18.2 Å². The predicted octanol–water partition coefficient (Wildman–Crippen LogP) is 2.13. The zero-order valence-corrected chi connectivity index (χ0v) is 7.92. The molecule has 0 amide bonds. The van der Waals surface area contributed by atoms with Gasteiger partial charge in [-0.05, 0) is 37.0 Å². The van der Waals surface area contributed by atoms with Gasteiger partial charge in [0.15, 0.2) is 0 Å². The van der Waals surface area contributed by atoms with Crippen LogP contribution in [0.5, 0.6) is 0 Å². The highest BCUT2D eigenvalue weighted by atomic mass is 16.4. The van der Waals surface area contributed by atoms with Crippen molar-refractivity contribution in [3.05, 3.63) is 29.3 Å². The summed E-state index contributed by atoms with van der Waals surface area (Å²) in [6.07, 6.45) is 3.37. The number of aromatic carboxylic acids is 1. The molecule has 0 atom stereocenters. The second kappa shape index (κ2) is 3.70. The van der Waals surface area contributed by atoms with E-state index in [1.165, 1.54) is 12.0 Å². The molecule has 0 fully saturated rings. The first-order chi connectivity index (χ1) is 6.77. The maximum Gasteiger partial charge on any atom is 0.335 e. The Hall–Kier alpha value is -1.51. The van der Waals surface area contributed by atoms with Crippen molar-refractivity contribution in [2.24, 2.45) is 0 Å². The summed E-state index contributed by atoms with van der Waals surface area (Å²) in [7, 11) is 0. The van der Waals surface area contributed by atoms with E-state index in [0.717, 1.165) is 25.1 Å². The number of carboxylic acids is 1. The van der Waals surface area contributed by atoms with E-state index in [4.69, 9.17) is 5.11 Å². The van der Waals surface area contributed by atoms with Crippen LogP contribution in [0.4, 0.5) is 5.69 Å². The van der Waals surface area contributed by atoms with E-state index in [0.29, 0.717) is 5.56 Å². The van der Waals surface area contributed by atoms with Crippen molar-refractivity contribution in [1.29, 1.82) is 0 Å². The summed E-state index contributed by atoms with van der Waals surface area (Å²) < 4.78 is 0. The molecule has 0 radical (unpaired) electrons. The van der Waals surface area contributed by atoms with Gasteiger partial charge in [0.1, 0.15) is 0 Å². The van der Waals surface area contributed by atoms with Gasteiger partial charge >= 0.3 is 5.97 Å². The standard InChI is InChI=1S/C11H13NO2/c13-11(14)9-5-4-8-3-1-2-6-12-10(8)7-9/h4-5,7,12H,1-3,6H2,(H,13,14). The number of hydrogen-bond acceptors (Lipinski definition) is 2. The van der Waals surface area contributed by atoms with Crippen LogP contribution < -0.4 is 5.32 Å². The Morgan fingerprint density at radius 2 is 2.21 bits per heavy atom. The number of carbonyl (C=O) groups is 1. The molecule has 2 rings (SSSR count). The summed E-state index contributed by atoms with van der Waals surface area (Å²) >= 11 is 0. The van der Waals surface area contributed by atoms with Crippen molar-refractivity contribution >= 4 is 11.7 Å². The van der Waals surface area contributed by atoms with Crippen LogP contribution in [-0.2, 0) is 6.42 Å². The van der Waals surface area contributed by atoms with Crippen molar-refractivity contribution in [3.63, 3.8) is 0 Å². The zero-order chi connectivity index (χ0) is 9.97. The average Bonchev–Trinajstić information content (AvgIpc) is 2.41. The normalized spacial score (nSPS) is 15.1. The van der Waals surface area contributed by atoms with E-state index in [1.807, 2.05) is 6.07 Å². The summed E-state index contributed by atoms with van der Waals surface area (Å²) in [6, 6.07) is 5.31. The topological polar surface area (TPSA) is 49.3 Å². The molecule has 0 aromatic heterocycles. The first-order valence-electron chi connectivity index (χ1n) is 4.87. The molecular formula is C11H13NO2. The zero-order valence-electron chi connectivity index (χ0n) is 7.92. The Bertz CT molecular complexity index is 360. The molecule has 0 saturated carbocycles. The fourth-order valence-corrected chi connectivity index (χ4v) is 1.76. The number of carboxylic acid groups (broad SMARTS) is 1. The van der Waals surface area contributed by atoms with Gasteiger partial charge in [-0.15, -0.1) is 0 Å². The molecule has 0 aliphatic carbocycles. The van der Waals surface area contributed by atoms with E-state index in [-0.39, 0.29) is 0 Å². The summed E-state index contributed by atoms with van der Waals surface area (Å²) in [4.78, 5) is 10.7. The fourth-order valence-electron chi connectivity index (χ4n) is 1.76. The van der Waals surface area contributed by atoms with Crippen LogP contribution in [0.3, 0.4) is 0 Å². The molecular weight excluding hydrogens is 178 g/mol. The molecule has 3 heteroatoms. The van der Waals surface area contributed by atoms with E-state index in [9.17, 15) is 4.79 Å². The van der Waals surface area contributed by atoms with Crippen LogP contribution in [0.25, 0.3) is 0 Å². The third-order valence-corrected chi connectivity index (χ3v) is 2.55. The Balaban J connectivity index is 2.37. The predicted molar refractivity (Wildman–Crippen MR) is 54.8 cm³/mol. The molecule has 1 aromatic carbocycles. The number of anilines is 1. The van der Waals surface area contributed by atoms with Gasteiger partial charge in [0.25, 0.3) is 0 Å². The molecule has 1 aliphatic heterocycles. The highest BCUT2D eigenvalue weighted by Gasteiger charge is 2.10. The Kier molecular flexibility index (Phi) is 2.39. The molecule has 74 valence electrons. The largest absolute Gasteiger partial charge is 0.478 e. The quantitative estimate of drug-likeness (QED) is 0.715. The monoisotopic (exact) mass is 191 g/mol. The van der Waals surface area contributed by atoms with Crippen molar-refractivity contribution in [2.45, 2.75) is 19.3 Å². The van der Waals surface area contributed by atoms with Crippen molar-refractivity contribution < 1.29 is 9.90 Å². The molecule has 3 nitrogen and oxygen atoms in total. The summed E-state index contributed by atoms with van der Waals surface area (Å²) in [5, 5.41) is 12.1. The lowest BCUT2D eigenvalue weighted by molar-refractivity contribution is 0.0697. The Labute approximate surface area is 82.8 Å². The van der Waals surface area contributed by atoms with Crippen LogP contribution >= 0.6 is 0 Å². The van der Waals surface area contributed by atoms with Gasteiger partial charge in [-0.2, -0.15) is 0 Å². The minimum absolute atomic E-state index is 0.359. The minimum Gasteiger partial charge on any atom is -0.478 e. The second-order valence-corrected chi connectivity index (χ2v) is 3.56. The summed E-state index contributed by atoms with van der Waals surface area (Å²) in [6.45, 7) is 0.941. The van der Waals surface area contributed by atoms with Gasteiger partial charge in [0, 0.05) is 12.2 Å². The molecule has 0 saturated heterocycles. The lowest BCUT2D eigenvalue weighted by Crippen LogP contribution is -2.02. The van der Waals surface area contributed by atoms with Crippen LogP contribution in [0.2, 0.25) is 0 Å². The molecule has 1 aromatic rings. The van der Waals surface area contributed by atoms with E-state index < -0.39 is 5.97 Å². The van der Waals surface area contributed by atoms with Gasteiger partial charge in [-0.1, -0.05) is 6.07 Å². The number of hydrogen-bond donors (Lipinski definition) is 2. The van der Waals surface area contributed by atoms with E-state index >= 15 is 0 Å². The smallest absolute Gasteiger partial charge is 0.335 e. The maximum atomic E-state index is 10.7. The summed E-state index contributed by atoms with van der Waals surface area (Å²) in [5.41, 5.74) is 2.58. The van der Waals surface area contributed by atoms with Crippen LogP contribution in [0, 0.1) is 0 Å². The number of rotatable bonds is 1. The molecule has 0 spiro atoms. The highest BCUT2D eigenvalue weighted by molar-refractivity contribution is 5.89. The van der Waals surface area contributed by atoms with Crippen molar-refractivity contribution in [1.82, 2.24) is 0 Å². The summed E-state index contributed by atoms with van der Waals surface area (Å²) in [5.74, 6) is -0.862. The third kappa shape index (κ3) is 1.71. The SMILES string of the molecule is O=C(O)c1ccc2c(c1)NCCCC2. The Morgan fingerprint density at radius 1 is 1.36 bits per heavy atom. The van der Waals surface area contributed by atoms with E-state index in [2.05, 4.69) is 5.32 Å². The second-order valence-electron chi connectivity index (χ2n) is 3.56. The van der Waals surface area contributed by atoms with Crippen LogP contribution in [0.1, 0.15) is 28.8 Å².